The van der Waals surface area contributed by atoms with E-state index in [0.29, 0.717) is 0 Å². The zero-order valence-corrected chi connectivity index (χ0v) is 25.3. The van der Waals surface area contributed by atoms with Crippen LogP contribution >= 0.6 is 0 Å². The van der Waals surface area contributed by atoms with E-state index in [0.717, 1.165) is 28.2 Å². The predicted molar refractivity (Wildman–Crippen MR) is 189 cm³/mol. The van der Waals surface area contributed by atoms with Crippen LogP contribution in [0.4, 0.5) is 17.1 Å². The third-order valence-corrected chi connectivity index (χ3v) is 9.64. The predicted octanol–water partition coefficient (Wildman–Crippen LogP) is 12.2. The zero-order valence-electron chi connectivity index (χ0n) is 25.3. The second-order valence-corrected chi connectivity index (χ2v) is 12.6. The normalized spacial score (nSPS) is 13.3. The van der Waals surface area contributed by atoms with Crippen LogP contribution in [0.2, 0.25) is 0 Å². The van der Waals surface area contributed by atoms with E-state index in [1.54, 1.807) is 0 Å². The van der Waals surface area contributed by atoms with Crippen molar-refractivity contribution in [1.29, 1.82) is 0 Å². The first-order chi connectivity index (χ1) is 22.0. The number of hydrogen-bond donors (Lipinski definition) is 0. The summed E-state index contributed by atoms with van der Waals surface area (Å²) in [6, 6.07) is 54.7. The number of furan rings is 1. The Hall–Kier alpha value is -5.60. The summed E-state index contributed by atoms with van der Waals surface area (Å²) in [6.45, 7) is 4.70. The molecule has 0 saturated carbocycles. The maximum absolute atomic E-state index is 6.29. The lowest BCUT2D eigenvalue weighted by atomic mass is 9.82. The fourth-order valence-electron chi connectivity index (χ4n) is 7.28. The molecule has 0 radical (unpaired) electrons. The van der Waals surface area contributed by atoms with Crippen LogP contribution in [0.15, 0.2) is 156 Å². The molecule has 1 aromatic heterocycles. The first-order valence-electron chi connectivity index (χ1n) is 15.6. The van der Waals surface area contributed by atoms with Crippen molar-refractivity contribution in [2.75, 3.05) is 4.90 Å². The van der Waals surface area contributed by atoms with Gasteiger partial charge in [0.15, 0.2) is 0 Å². The molecule has 8 aromatic rings. The van der Waals surface area contributed by atoms with Crippen LogP contribution in [-0.4, -0.2) is 0 Å². The number of nitrogens with zero attached hydrogens (tertiary/aromatic N) is 1. The standard InChI is InChI=1S/C43H31NO/c1-43(2)39-25-34(22-23-35(39)37-27-42-38(26-40(37)43)36-14-8-9-15-41(36)45-42)44(32-12-4-3-5-13-32)33-20-18-29(19-21-33)31-17-16-28-10-6-7-11-30(28)24-31/h3-27H,1-2H3. The molecule has 0 fully saturated rings. The molecule has 0 unspecified atom stereocenters. The molecular formula is C43H31NO. The van der Waals surface area contributed by atoms with Gasteiger partial charge in [-0.3, -0.25) is 0 Å². The van der Waals surface area contributed by atoms with Gasteiger partial charge in [-0.15, -0.1) is 0 Å². The van der Waals surface area contributed by atoms with E-state index < -0.39 is 0 Å². The van der Waals surface area contributed by atoms with Gasteiger partial charge < -0.3 is 9.32 Å². The van der Waals surface area contributed by atoms with E-state index in [-0.39, 0.29) is 5.41 Å². The summed E-state index contributed by atoms with van der Waals surface area (Å²) in [5.41, 5.74) is 12.8. The van der Waals surface area contributed by atoms with Crippen molar-refractivity contribution in [3.63, 3.8) is 0 Å². The second kappa shape index (κ2) is 9.70. The van der Waals surface area contributed by atoms with Crippen LogP contribution in [0.25, 0.3) is 55.0 Å². The number of anilines is 3. The Morgan fingerprint density at radius 1 is 0.444 bits per heavy atom. The molecule has 0 N–H and O–H groups in total. The van der Waals surface area contributed by atoms with Crippen LogP contribution < -0.4 is 4.90 Å². The van der Waals surface area contributed by atoms with Crippen LogP contribution in [-0.2, 0) is 5.41 Å². The van der Waals surface area contributed by atoms with E-state index in [1.807, 2.05) is 6.07 Å². The Balaban J connectivity index is 1.15. The number of benzene rings is 7. The molecule has 9 rings (SSSR count). The molecule has 1 aliphatic rings. The second-order valence-electron chi connectivity index (χ2n) is 12.6. The molecule has 0 aliphatic heterocycles. The third-order valence-electron chi connectivity index (χ3n) is 9.64. The quantitative estimate of drug-likeness (QED) is 0.207. The summed E-state index contributed by atoms with van der Waals surface area (Å²) < 4.78 is 6.29. The molecule has 214 valence electrons. The maximum atomic E-state index is 6.29. The molecule has 0 saturated heterocycles. The molecule has 2 heteroatoms. The highest BCUT2D eigenvalue weighted by molar-refractivity contribution is 6.07. The van der Waals surface area contributed by atoms with Crippen LogP contribution in [0, 0.1) is 0 Å². The van der Waals surface area contributed by atoms with Gasteiger partial charge in [-0.1, -0.05) is 105 Å². The molecular weight excluding hydrogens is 546 g/mol. The SMILES string of the molecule is CC1(C)c2cc(N(c3ccccc3)c3ccc(-c4ccc5ccccc5c4)cc3)ccc2-c2cc3oc4ccccc4c3cc21. The van der Waals surface area contributed by atoms with Crippen LogP contribution in [0.1, 0.15) is 25.0 Å². The Bertz CT molecular complexity index is 2400. The van der Waals surface area contributed by atoms with Crippen molar-refractivity contribution < 1.29 is 4.42 Å². The van der Waals surface area contributed by atoms with Gasteiger partial charge in [-0.25, -0.2) is 0 Å². The number of rotatable bonds is 4. The number of fused-ring (bicyclic) bond motifs is 7. The zero-order chi connectivity index (χ0) is 30.1. The fourth-order valence-corrected chi connectivity index (χ4v) is 7.28. The van der Waals surface area contributed by atoms with E-state index >= 15 is 0 Å². The summed E-state index contributed by atoms with van der Waals surface area (Å²) >= 11 is 0. The first kappa shape index (κ1) is 25.9. The first-order valence-corrected chi connectivity index (χ1v) is 15.6. The molecule has 45 heavy (non-hydrogen) atoms. The summed E-state index contributed by atoms with van der Waals surface area (Å²) in [4.78, 5) is 2.36. The Morgan fingerprint density at radius 3 is 1.96 bits per heavy atom. The monoisotopic (exact) mass is 577 g/mol. The van der Waals surface area contributed by atoms with E-state index in [9.17, 15) is 0 Å². The molecule has 0 amide bonds. The average Bonchev–Trinajstić information content (AvgIpc) is 3.56. The highest BCUT2D eigenvalue weighted by atomic mass is 16.3. The molecule has 0 spiro atoms. The molecule has 0 atom stereocenters. The molecule has 1 aliphatic carbocycles. The minimum absolute atomic E-state index is 0.157. The van der Waals surface area contributed by atoms with E-state index in [4.69, 9.17) is 4.42 Å². The van der Waals surface area contributed by atoms with Gasteiger partial charge in [0, 0.05) is 33.2 Å². The Labute approximate surface area is 262 Å². The summed E-state index contributed by atoms with van der Waals surface area (Å²) in [6.07, 6.45) is 0. The number of para-hydroxylation sites is 2. The van der Waals surface area contributed by atoms with Gasteiger partial charge in [0.25, 0.3) is 0 Å². The van der Waals surface area contributed by atoms with Crippen molar-refractivity contribution in [3.05, 3.63) is 163 Å². The smallest absolute Gasteiger partial charge is 0.136 e. The van der Waals surface area contributed by atoms with Crippen LogP contribution in [0.3, 0.4) is 0 Å². The summed E-state index contributed by atoms with van der Waals surface area (Å²) in [5.74, 6) is 0. The summed E-state index contributed by atoms with van der Waals surface area (Å²) in [5, 5.41) is 4.87. The fraction of sp³-hybridized carbons (Fsp3) is 0.0698. The van der Waals surface area contributed by atoms with Gasteiger partial charge in [0.05, 0.1) is 0 Å². The molecule has 7 aromatic carbocycles. The van der Waals surface area contributed by atoms with Gasteiger partial charge in [-0.05, 0) is 105 Å². The molecule has 0 bridgehead atoms. The maximum Gasteiger partial charge on any atom is 0.136 e. The van der Waals surface area contributed by atoms with Crippen molar-refractivity contribution in [2.24, 2.45) is 0 Å². The van der Waals surface area contributed by atoms with Gasteiger partial charge >= 0.3 is 0 Å². The van der Waals surface area contributed by atoms with E-state index in [1.165, 1.54) is 54.9 Å². The van der Waals surface area contributed by atoms with Crippen molar-refractivity contribution >= 4 is 49.8 Å². The van der Waals surface area contributed by atoms with Crippen LogP contribution in [0.5, 0.6) is 0 Å². The molecule has 2 nitrogen and oxygen atoms in total. The number of hydrogen-bond acceptors (Lipinski definition) is 2. The lowest BCUT2D eigenvalue weighted by Crippen LogP contribution is -2.16. The third kappa shape index (κ3) is 4.03. The topological polar surface area (TPSA) is 16.4 Å². The van der Waals surface area contributed by atoms with Gasteiger partial charge in [-0.2, -0.15) is 0 Å². The average molecular weight is 578 g/mol. The van der Waals surface area contributed by atoms with Crippen molar-refractivity contribution in [1.82, 2.24) is 0 Å². The van der Waals surface area contributed by atoms with Crippen molar-refractivity contribution in [2.45, 2.75) is 19.3 Å². The minimum Gasteiger partial charge on any atom is -0.456 e. The van der Waals surface area contributed by atoms with Gasteiger partial charge in [0.2, 0.25) is 0 Å². The molecule has 1 heterocycles. The lowest BCUT2D eigenvalue weighted by molar-refractivity contribution is 0.658. The van der Waals surface area contributed by atoms with Gasteiger partial charge in [0.1, 0.15) is 11.2 Å². The summed E-state index contributed by atoms with van der Waals surface area (Å²) in [7, 11) is 0. The van der Waals surface area contributed by atoms with E-state index in [2.05, 4.69) is 164 Å². The Morgan fingerprint density at radius 2 is 1.11 bits per heavy atom. The largest absolute Gasteiger partial charge is 0.456 e. The highest BCUT2D eigenvalue weighted by Gasteiger charge is 2.37. The van der Waals surface area contributed by atoms with Crippen molar-refractivity contribution in [3.8, 4) is 22.3 Å². The highest BCUT2D eigenvalue weighted by Crippen LogP contribution is 2.52. The lowest BCUT2D eigenvalue weighted by Gasteiger charge is -2.28. The Kier molecular flexibility index (Phi) is 5.58. The minimum atomic E-state index is -0.157.